The first-order valence-electron chi connectivity index (χ1n) is 10.6. The molecular formula is C24H29NO7. The van der Waals surface area contributed by atoms with Crippen molar-refractivity contribution in [1.29, 1.82) is 0 Å². The average Bonchev–Trinajstić information content (AvgIpc) is 2.79. The topological polar surface area (TPSA) is 100 Å². The van der Waals surface area contributed by atoms with E-state index in [2.05, 4.69) is 5.32 Å². The summed E-state index contributed by atoms with van der Waals surface area (Å²) in [5.41, 5.74) is 1.14. The van der Waals surface area contributed by atoms with Gasteiger partial charge in [0.1, 0.15) is 0 Å². The molecule has 0 atom stereocenters. The fraction of sp³-hybridized carbons (Fsp3) is 0.375. The van der Waals surface area contributed by atoms with Gasteiger partial charge in [0.2, 0.25) is 11.7 Å². The highest BCUT2D eigenvalue weighted by molar-refractivity contribution is 6.00. The predicted octanol–water partition coefficient (Wildman–Crippen LogP) is 4.27. The standard InChI is InChI=1S/C24H29NO7/c1-5-22(27)25-18-11-9-16(10-12-18)19(26)15-32-24(28)17-13-20(29-6-2)23(31-8-4)21(14-17)30-7-3/h9-14H,5-8,15H2,1-4H3,(H,25,27). The van der Waals surface area contributed by atoms with Crippen LogP contribution in [0.2, 0.25) is 0 Å². The number of carbonyl (C=O) groups excluding carboxylic acids is 3. The van der Waals surface area contributed by atoms with Gasteiger partial charge in [-0.3, -0.25) is 9.59 Å². The highest BCUT2D eigenvalue weighted by atomic mass is 16.5. The van der Waals surface area contributed by atoms with Crippen molar-refractivity contribution in [3.63, 3.8) is 0 Å². The molecule has 0 heterocycles. The molecule has 8 nitrogen and oxygen atoms in total. The molecule has 2 aromatic rings. The molecule has 0 aliphatic heterocycles. The van der Waals surface area contributed by atoms with Gasteiger partial charge < -0.3 is 24.3 Å². The van der Waals surface area contributed by atoms with Crippen LogP contribution in [-0.4, -0.2) is 44.1 Å². The van der Waals surface area contributed by atoms with Gasteiger partial charge in [0.15, 0.2) is 23.9 Å². The van der Waals surface area contributed by atoms with Crippen molar-refractivity contribution >= 4 is 23.3 Å². The number of carbonyl (C=O) groups is 3. The summed E-state index contributed by atoms with van der Waals surface area (Å²) in [6.45, 7) is 7.94. The maximum absolute atomic E-state index is 12.6. The lowest BCUT2D eigenvalue weighted by atomic mass is 10.1. The van der Waals surface area contributed by atoms with Crippen molar-refractivity contribution in [2.24, 2.45) is 0 Å². The summed E-state index contributed by atoms with van der Waals surface area (Å²) in [5, 5.41) is 2.70. The Labute approximate surface area is 187 Å². The van der Waals surface area contributed by atoms with Gasteiger partial charge in [0.05, 0.1) is 25.4 Å². The van der Waals surface area contributed by atoms with Gasteiger partial charge >= 0.3 is 5.97 Å². The predicted molar refractivity (Wildman–Crippen MR) is 120 cm³/mol. The lowest BCUT2D eigenvalue weighted by Gasteiger charge is -2.16. The molecule has 0 aromatic heterocycles. The molecule has 0 radical (unpaired) electrons. The van der Waals surface area contributed by atoms with E-state index in [1.54, 1.807) is 31.2 Å². The van der Waals surface area contributed by atoms with E-state index < -0.39 is 12.6 Å². The molecule has 0 spiro atoms. The molecule has 0 aliphatic carbocycles. The van der Waals surface area contributed by atoms with Gasteiger partial charge in [-0.2, -0.15) is 0 Å². The number of benzene rings is 2. The Kier molecular flexibility index (Phi) is 9.53. The van der Waals surface area contributed by atoms with E-state index in [1.165, 1.54) is 12.1 Å². The summed E-state index contributed by atoms with van der Waals surface area (Å²) in [6.07, 6.45) is 0.359. The van der Waals surface area contributed by atoms with Crippen LogP contribution in [0, 0.1) is 0 Å². The quantitative estimate of drug-likeness (QED) is 0.386. The van der Waals surface area contributed by atoms with Crippen molar-refractivity contribution in [2.45, 2.75) is 34.1 Å². The van der Waals surface area contributed by atoms with Gasteiger partial charge in [0.25, 0.3) is 0 Å². The van der Waals surface area contributed by atoms with E-state index in [4.69, 9.17) is 18.9 Å². The Morgan fingerprint density at radius 2 is 1.34 bits per heavy atom. The number of hydrogen-bond donors (Lipinski definition) is 1. The highest BCUT2D eigenvalue weighted by Gasteiger charge is 2.20. The summed E-state index contributed by atoms with van der Waals surface area (Å²) in [5.74, 6) is -0.0280. The normalized spacial score (nSPS) is 10.2. The van der Waals surface area contributed by atoms with Crippen LogP contribution in [0.25, 0.3) is 0 Å². The van der Waals surface area contributed by atoms with Gasteiger partial charge in [-0.05, 0) is 57.2 Å². The van der Waals surface area contributed by atoms with E-state index in [9.17, 15) is 14.4 Å². The summed E-state index contributed by atoms with van der Waals surface area (Å²) in [7, 11) is 0. The lowest BCUT2D eigenvalue weighted by molar-refractivity contribution is -0.115. The maximum Gasteiger partial charge on any atom is 0.338 e. The van der Waals surface area contributed by atoms with Crippen molar-refractivity contribution in [3.8, 4) is 17.2 Å². The largest absolute Gasteiger partial charge is 0.490 e. The van der Waals surface area contributed by atoms with Crippen LogP contribution in [0.3, 0.4) is 0 Å². The Morgan fingerprint density at radius 3 is 1.84 bits per heavy atom. The third kappa shape index (κ3) is 6.73. The fourth-order valence-electron chi connectivity index (χ4n) is 2.79. The summed E-state index contributed by atoms with van der Waals surface area (Å²) in [6, 6.07) is 9.40. The van der Waals surface area contributed by atoms with Crippen LogP contribution >= 0.6 is 0 Å². The molecule has 1 amide bonds. The summed E-state index contributed by atoms with van der Waals surface area (Å²) >= 11 is 0. The van der Waals surface area contributed by atoms with Gasteiger partial charge in [-0.15, -0.1) is 0 Å². The van der Waals surface area contributed by atoms with E-state index in [0.29, 0.717) is 54.7 Å². The third-order valence-electron chi connectivity index (χ3n) is 4.29. The minimum Gasteiger partial charge on any atom is -0.490 e. The average molecular weight is 443 g/mol. The van der Waals surface area contributed by atoms with Crippen LogP contribution in [0.15, 0.2) is 36.4 Å². The van der Waals surface area contributed by atoms with Crippen LogP contribution in [0.4, 0.5) is 5.69 Å². The smallest absolute Gasteiger partial charge is 0.338 e. The molecule has 2 aromatic carbocycles. The minimum absolute atomic E-state index is 0.119. The number of Topliss-reactive ketones (excluding diaryl/α,β-unsaturated/α-hetero) is 1. The fourth-order valence-corrected chi connectivity index (χ4v) is 2.79. The first-order valence-corrected chi connectivity index (χ1v) is 10.6. The van der Waals surface area contributed by atoms with Crippen LogP contribution < -0.4 is 19.5 Å². The molecule has 32 heavy (non-hydrogen) atoms. The van der Waals surface area contributed by atoms with Crippen LogP contribution in [0.1, 0.15) is 54.8 Å². The highest BCUT2D eigenvalue weighted by Crippen LogP contribution is 2.39. The molecule has 0 saturated carbocycles. The van der Waals surface area contributed by atoms with Gasteiger partial charge in [-0.25, -0.2) is 4.79 Å². The van der Waals surface area contributed by atoms with Crippen molar-refractivity contribution in [1.82, 2.24) is 0 Å². The molecule has 8 heteroatoms. The zero-order valence-corrected chi connectivity index (χ0v) is 18.9. The SMILES string of the molecule is CCOc1cc(C(=O)OCC(=O)c2ccc(NC(=O)CC)cc2)cc(OCC)c1OCC. The maximum atomic E-state index is 12.6. The molecule has 172 valence electrons. The van der Waals surface area contributed by atoms with Gasteiger partial charge in [0, 0.05) is 17.7 Å². The second-order valence-electron chi connectivity index (χ2n) is 6.58. The zero-order chi connectivity index (χ0) is 23.5. The van der Waals surface area contributed by atoms with Gasteiger partial charge in [-0.1, -0.05) is 6.92 Å². The molecule has 0 bridgehead atoms. The molecule has 0 unspecified atom stereocenters. The number of rotatable bonds is 12. The zero-order valence-electron chi connectivity index (χ0n) is 18.9. The third-order valence-corrected chi connectivity index (χ3v) is 4.29. The molecule has 2 rings (SSSR count). The summed E-state index contributed by atoms with van der Waals surface area (Å²) < 4.78 is 22.0. The number of amides is 1. The van der Waals surface area contributed by atoms with Crippen molar-refractivity contribution in [2.75, 3.05) is 31.7 Å². The van der Waals surface area contributed by atoms with E-state index in [-0.39, 0.29) is 17.3 Å². The Bertz CT molecular complexity index is 911. The molecular weight excluding hydrogens is 414 g/mol. The second-order valence-corrected chi connectivity index (χ2v) is 6.58. The van der Waals surface area contributed by atoms with Crippen molar-refractivity contribution in [3.05, 3.63) is 47.5 Å². The van der Waals surface area contributed by atoms with Crippen LogP contribution in [0.5, 0.6) is 17.2 Å². The van der Waals surface area contributed by atoms with Crippen molar-refractivity contribution < 1.29 is 33.3 Å². The number of esters is 1. The van der Waals surface area contributed by atoms with E-state index in [0.717, 1.165) is 0 Å². The minimum atomic E-state index is -0.685. The Morgan fingerprint density at radius 1 is 0.781 bits per heavy atom. The Hall–Kier alpha value is -3.55. The first kappa shape index (κ1) is 24.7. The molecule has 1 N–H and O–H groups in total. The van der Waals surface area contributed by atoms with E-state index >= 15 is 0 Å². The first-order chi connectivity index (χ1) is 15.4. The number of ketones is 1. The van der Waals surface area contributed by atoms with E-state index in [1.807, 2.05) is 20.8 Å². The second kappa shape index (κ2) is 12.3. The molecule has 0 aliphatic rings. The number of anilines is 1. The Balaban J connectivity index is 2.11. The number of nitrogens with one attached hydrogen (secondary N) is 1. The number of ether oxygens (including phenoxy) is 4. The number of hydrogen-bond acceptors (Lipinski definition) is 7. The molecule has 0 fully saturated rings. The molecule has 0 saturated heterocycles. The monoisotopic (exact) mass is 443 g/mol. The van der Waals surface area contributed by atoms with Crippen LogP contribution in [-0.2, 0) is 9.53 Å². The summed E-state index contributed by atoms with van der Waals surface area (Å²) in [4.78, 5) is 36.4. The lowest BCUT2D eigenvalue weighted by Crippen LogP contribution is -2.15.